The first-order chi connectivity index (χ1) is 9.63. The van der Waals surface area contributed by atoms with Crippen LogP contribution < -0.4 is 9.47 Å². The molecule has 0 spiro atoms. The van der Waals surface area contributed by atoms with E-state index in [0.717, 1.165) is 12.0 Å². The molecule has 0 aliphatic carbocycles. The van der Waals surface area contributed by atoms with E-state index in [4.69, 9.17) is 9.47 Å². The van der Waals surface area contributed by atoms with E-state index in [0.29, 0.717) is 32.7 Å². The molecule has 0 fully saturated rings. The molecule has 0 atom stereocenters. The number of halogens is 2. The van der Waals surface area contributed by atoms with Crippen molar-refractivity contribution in [3.63, 3.8) is 0 Å². The zero-order valence-electron chi connectivity index (χ0n) is 10.6. The van der Waals surface area contributed by atoms with Crippen molar-refractivity contribution < 1.29 is 14.3 Å². The number of aldehydes is 1. The normalized spacial score (nSPS) is 10.2. The molecule has 0 aliphatic heterocycles. The first-order valence-corrected chi connectivity index (χ1v) is 7.29. The Morgan fingerprint density at radius 1 is 1.25 bits per heavy atom. The fourth-order valence-electron chi connectivity index (χ4n) is 1.58. The van der Waals surface area contributed by atoms with Gasteiger partial charge in [-0.3, -0.25) is 4.79 Å². The molecule has 0 bridgehead atoms. The van der Waals surface area contributed by atoms with Crippen molar-refractivity contribution in [2.75, 3.05) is 7.11 Å². The molecule has 1 aromatic carbocycles. The van der Waals surface area contributed by atoms with Gasteiger partial charge in [-0.15, -0.1) is 0 Å². The first kappa shape index (κ1) is 15.0. The van der Waals surface area contributed by atoms with Gasteiger partial charge in [0.25, 0.3) is 0 Å². The van der Waals surface area contributed by atoms with Crippen LogP contribution in [0.25, 0.3) is 0 Å². The zero-order valence-corrected chi connectivity index (χ0v) is 13.8. The summed E-state index contributed by atoms with van der Waals surface area (Å²) in [5.41, 5.74) is 1.32. The van der Waals surface area contributed by atoms with Gasteiger partial charge in [-0.2, -0.15) is 0 Å². The van der Waals surface area contributed by atoms with Crippen molar-refractivity contribution in [2.45, 2.75) is 6.61 Å². The highest BCUT2D eigenvalue weighted by atomic mass is 79.9. The highest BCUT2D eigenvalue weighted by molar-refractivity contribution is 9.11. The number of hydrogen-bond acceptors (Lipinski definition) is 4. The smallest absolute Gasteiger partial charge is 0.213 e. The van der Waals surface area contributed by atoms with Gasteiger partial charge in [-0.05, 0) is 50.1 Å². The molecular formula is C14H11Br2NO3. The second-order valence-electron chi connectivity index (χ2n) is 3.89. The van der Waals surface area contributed by atoms with Gasteiger partial charge in [0.1, 0.15) is 18.6 Å². The highest BCUT2D eigenvalue weighted by Gasteiger charge is 2.09. The van der Waals surface area contributed by atoms with Gasteiger partial charge in [-0.1, -0.05) is 6.07 Å². The van der Waals surface area contributed by atoms with E-state index in [9.17, 15) is 4.79 Å². The van der Waals surface area contributed by atoms with Crippen LogP contribution >= 0.6 is 31.9 Å². The van der Waals surface area contributed by atoms with E-state index in [1.807, 2.05) is 12.1 Å². The Morgan fingerprint density at radius 3 is 2.55 bits per heavy atom. The Labute approximate surface area is 133 Å². The minimum Gasteiger partial charge on any atom is -0.485 e. The molecule has 0 radical (unpaired) electrons. The topological polar surface area (TPSA) is 48.4 Å². The number of nitrogens with zero attached hydrogens (tertiary/aromatic N) is 1. The Balaban J connectivity index is 2.16. The third-order valence-electron chi connectivity index (χ3n) is 2.51. The minimum absolute atomic E-state index is 0.300. The quantitative estimate of drug-likeness (QED) is 0.711. The molecule has 0 saturated carbocycles. The molecule has 0 aliphatic rings. The number of ether oxygens (including phenoxy) is 2. The SMILES string of the molecule is COc1cccc(COc2c(Br)cc(C=O)cc2Br)n1. The molecule has 104 valence electrons. The van der Waals surface area contributed by atoms with Gasteiger partial charge in [0, 0.05) is 11.6 Å². The molecule has 2 aromatic rings. The molecule has 2 rings (SSSR count). The lowest BCUT2D eigenvalue weighted by Crippen LogP contribution is -2.01. The molecule has 0 amide bonds. The maximum atomic E-state index is 10.8. The van der Waals surface area contributed by atoms with E-state index >= 15 is 0 Å². The lowest BCUT2D eigenvalue weighted by molar-refractivity contribution is 0.112. The second-order valence-corrected chi connectivity index (χ2v) is 5.60. The van der Waals surface area contributed by atoms with E-state index in [1.54, 1.807) is 25.3 Å². The van der Waals surface area contributed by atoms with Gasteiger partial charge < -0.3 is 9.47 Å². The number of pyridine rings is 1. The fourth-order valence-corrected chi connectivity index (χ4v) is 3.03. The van der Waals surface area contributed by atoms with Crippen LogP contribution in [0.5, 0.6) is 11.6 Å². The molecule has 6 heteroatoms. The summed E-state index contributed by atoms with van der Waals surface area (Å²) in [6.07, 6.45) is 0.781. The summed E-state index contributed by atoms with van der Waals surface area (Å²) in [5.74, 6) is 1.17. The molecule has 4 nitrogen and oxygen atoms in total. The van der Waals surface area contributed by atoms with Crippen molar-refractivity contribution in [1.29, 1.82) is 0 Å². The van der Waals surface area contributed by atoms with Crippen LogP contribution in [-0.2, 0) is 6.61 Å². The van der Waals surface area contributed by atoms with Crippen LogP contribution in [0.1, 0.15) is 16.1 Å². The van der Waals surface area contributed by atoms with Crippen molar-refractivity contribution in [1.82, 2.24) is 4.98 Å². The largest absolute Gasteiger partial charge is 0.485 e. The zero-order chi connectivity index (χ0) is 14.5. The molecule has 1 aromatic heterocycles. The van der Waals surface area contributed by atoms with E-state index in [1.165, 1.54) is 0 Å². The number of benzene rings is 1. The predicted molar refractivity (Wildman–Crippen MR) is 82.4 cm³/mol. The number of carbonyl (C=O) groups excluding carboxylic acids is 1. The summed E-state index contributed by atoms with van der Waals surface area (Å²) in [7, 11) is 1.57. The number of aromatic nitrogens is 1. The van der Waals surface area contributed by atoms with Gasteiger partial charge in [0.15, 0.2) is 0 Å². The molecular weight excluding hydrogens is 390 g/mol. The van der Waals surface area contributed by atoms with Gasteiger partial charge in [0.2, 0.25) is 5.88 Å². The fraction of sp³-hybridized carbons (Fsp3) is 0.143. The first-order valence-electron chi connectivity index (χ1n) is 5.71. The van der Waals surface area contributed by atoms with Gasteiger partial charge in [-0.25, -0.2) is 4.98 Å². The van der Waals surface area contributed by atoms with Crippen molar-refractivity contribution >= 4 is 38.1 Å². The molecule has 20 heavy (non-hydrogen) atoms. The lowest BCUT2D eigenvalue weighted by atomic mass is 10.2. The summed E-state index contributed by atoms with van der Waals surface area (Å²) in [6.45, 7) is 0.300. The summed E-state index contributed by atoms with van der Waals surface area (Å²) < 4.78 is 12.2. The van der Waals surface area contributed by atoms with E-state index in [2.05, 4.69) is 36.8 Å². The van der Waals surface area contributed by atoms with E-state index < -0.39 is 0 Å². The summed E-state index contributed by atoms with van der Waals surface area (Å²) in [6, 6.07) is 8.88. The highest BCUT2D eigenvalue weighted by Crippen LogP contribution is 2.34. The number of methoxy groups -OCH3 is 1. The van der Waals surface area contributed by atoms with Gasteiger partial charge in [0.05, 0.1) is 21.7 Å². The number of hydrogen-bond donors (Lipinski definition) is 0. The summed E-state index contributed by atoms with van der Waals surface area (Å²) >= 11 is 6.76. The maximum absolute atomic E-state index is 10.8. The maximum Gasteiger partial charge on any atom is 0.213 e. The van der Waals surface area contributed by atoms with E-state index in [-0.39, 0.29) is 0 Å². The Hall–Kier alpha value is -1.40. The Bertz CT molecular complexity index is 609. The predicted octanol–water partition coefficient (Wildman–Crippen LogP) is 4.01. The molecule has 0 unspecified atom stereocenters. The Morgan fingerprint density at radius 2 is 1.95 bits per heavy atom. The third-order valence-corrected chi connectivity index (χ3v) is 3.69. The van der Waals surface area contributed by atoms with Crippen molar-refractivity contribution in [3.8, 4) is 11.6 Å². The van der Waals surface area contributed by atoms with Crippen LogP contribution in [-0.4, -0.2) is 18.4 Å². The molecule has 0 saturated heterocycles. The van der Waals surface area contributed by atoms with Crippen LogP contribution in [0.3, 0.4) is 0 Å². The average Bonchev–Trinajstić information content (AvgIpc) is 2.46. The average molecular weight is 401 g/mol. The third kappa shape index (κ3) is 3.58. The Kier molecular flexibility index (Phi) is 5.14. The van der Waals surface area contributed by atoms with Crippen LogP contribution in [0.4, 0.5) is 0 Å². The molecule has 0 N–H and O–H groups in total. The standard InChI is InChI=1S/C14H11Br2NO3/c1-19-13-4-2-3-10(17-13)8-20-14-11(15)5-9(7-18)6-12(14)16/h2-7H,8H2,1H3. The van der Waals surface area contributed by atoms with Gasteiger partial charge >= 0.3 is 0 Å². The number of rotatable bonds is 5. The second kappa shape index (κ2) is 6.85. The van der Waals surface area contributed by atoms with Crippen LogP contribution in [0, 0.1) is 0 Å². The monoisotopic (exact) mass is 399 g/mol. The summed E-state index contributed by atoms with van der Waals surface area (Å²) in [4.78, 5) is 15.0. The summed E-state index contributed by atoms with van der Waals surface area (Å²) in [5, 5.41) is 0. The van der Waals surface area contributed by atoms with Crippen LogP contribution in [0.2, 0.25) is 0 Å². The van der Waals surface area contributed by atoms with Crippen LogP contribution in [0.15, 0.2) is 39.3 Å². The molecule has 1 heterocycles. The number of carbonyl (C=O) groups is 1. The van der Waals surface area contributed by atoms with Crippen molar-refractivity contribution in [2.24, 2.45) is 0 Å². The minimum atomic E-state index is 0.300. The lowest BCUT2D eigenvalue weighted by Gasteiger charge is -2.11. The van der Waals surface area contributed by atoms with Crippen molar-refractivity contribution in [3.05, 3.63) is 50.5 Å².